The zero-order valence-electron chi connectivity index (χ0n) is 19.0. The molecule has 0 aliphatic heterocycles. The van der Waals surface area contributed by atoms with Crippen LogP contribution in [0.1, 0.15) is 52.9 Å². The van der Waals surface area contributed by atoms with Gasteiger partial charge in [0.25, 0.3) is 0 Å². The number of anilines is 1. The molecule has 3 aromatic heterocycles. The number of hydrogen-bond acceptors (Lipinski definition) is 8. The summed E-state index contributed by atoms with van der Waals surface area (Å²) in [6.07, 6.45) is 2.17. The zero-order chi connectivity index (χ0) is 23.3. The lowest BCUT2D eigenvalue weighted by Crippen LogP contribution is -2.17. The Morgan fingerprint density at radius 2 is 2.00 bits per heavy atom. The van der Waals surface area contributed by atoms with Crippen LogP contribution in [-0.4, -0.2) is 39.0 Å². The van der Waals surface area contributed by atoms with Gasteiger partial charge >= 0.3 is 5.97 Å². The van der Waals surface area contributed by atoms with E-state index in [4.69, 9.17) is 4.74 Å². The third-order valence-corrected chi connectivity index (χ3v) is 7.98. The first-order chi connectivity index (χ1) is 15.4. The van der Waals surface area contributed by atoms with Crippen molar-refractivity contribution in [2.24, 2.45) is 0 Å². The number of thioether (sulfide) groups is 1. The highest BCUT2D eigenvalue weighted by atomic mass is 32.2. The molecule has 0 atom stereocenters. The first-order valence-electron chi connectivity index (χ1n) is 10.6. The van der Waals surface area contributed by atoms with Crippen LogP contribution in [0.2, 0.25) is 0 Å². The van der Waals surface area contributed by atoms with Crippen molar-refractivity contribution in [3.8, 4) is 11.4 Å². The highest BCUT2D eigenvalue weighted by Gasteiger charge is 2.22. The number of carbonyl (C=O) groups is 2. The summed E-state index contributed by atoms with van der Waals surface area (Å²) in [4.78, 5) is 27.3. The molecule has 0 bridgehead atoms. The maximum Gasteiger partial charge on any atom is 0.341 e. The number of aryl methyl sites for hydroxylation is 2. The smallest absolute Gasteiger partial charge is 0.341 e. The van der Waals surface area contributed by atoms with Crippen LogP contribution in [0.3, 0.4) is 0 Å². The van der Waals surface area contributed by atoms with Crippen LogP contribution in [0.4, 0.5) is 5.00 Å². The Morgan fingerprint density at radius 3 is 2.69 bits per heavy atom. The maximum absolute atomic E-state index is 12.7. The molecule has 0 radical (unpaired) electrons. The van der Waals surface area contributed by atoms with Crippen LogP contribution in [0, 0.1) is 13.8 Å². The predicted octanol–water partition coefficient (Wildman–Crippen LogP) is 5.56. The molecule has 3 rings (SSSR count). The van der Waals surface area contributed by atoms with Gasteiger partial charge in [0.05, 0.1) is 17.9 Å². The van der Waals surface area contributed by atoms with E-state index < -0.39 is 5.97 Å². The number of aromatic nitrogens is 3. The Morgan fingerprint density at radius 1 is 1.22 bits per heavy atom. The first kappa shape index (κ1) is 24.5. The van der Waals surface area contributed by atoms with E-state index in [2.05, 4.69) is 33.9 Å². The highest BCUT2D eigenvalue weighted by molar-refractivity contribution is 7.99. The fourth-order valence-corrected chi connectivity index (χ4v) is 6.06. The van der Waals surface area contributed by atoms with E-state index in [0.29, 0.717) is 22.3 Å². The molecular formula is C22H28N4O3S3. The number of amides is 1. The van der Waals surface area contributed by atoms with Crippen LogP contribution < -0.4 is 5.32 Å². The summed E-state index contributed by atoms with van der Waals surface area (Å²) in [7, 11) is 0. The van der Waals surface area contributed by atoms with Crippen molar-refractivity contribution < 1.29 is 14.3 Å². The number of thiophene rings is 2. The fourth-order valence-electron chi connectivity index (χ4n) is 3.23. The number of nitrogens with one attached hydrogen (secondary N) is 1. The third kappa shape index (κ3) is 5.41. The van der Waals surface area contributed by atoms with Gasteiger partial charge < -0.3 is 14.6 Å². The summed E-state index contributed by atoms with van der Waals surface area (Å²) >= 11 is 4.46. The van der Waals surface area contributed by atoms with E-state index in [0.717, 1.165) is 34.7 Å². The molecule has 3 aromatic rings. The largest absolute Gasteiger partial charge is 0.462 e. The van der Waals surface area contributed by atoms with Gasteiger partial charge in [0.2, 0.25) is 5.91 Å². The predicted molar refractivity (Wildman–Crippen MR) is 132 cm³/mol. The van der Waals surface area contributed by atoms with Crippen molar-refractivity contribution in [2.45, 2.75) is 59.2 Å². The summed E-state index contributed by atoms with van der Waals surface area (Å²) in [5.74, 6) is 0.380. The highest BCUT2D eigenvalue weighted by Crippen LogP contribution is 2.33. The SMILES string of the molecule is CCCc1cc(-c2nnc(SCC(=O)Nc3sc(C)c(C)c3C(=O)OCC)n2CC)cs1. The Bertz CT molecular complexity index is 1100. The zero-order valence-corrected chi connectivity index (χ0v) is 21.4. The molecule has 7 nitrogen and oxygen atoms in total. The summed E-state index contributed by atoms with van der Waals surface area (Å²) in [5.41, 5.74) is 2.34. The second-order valence-corrected chi connectivity index (χ2v) is 10.3. The lowest BCUT2D eigenvalue weighted by Gasteiger charge is -2.08. The van der Waals surface area contributed by atoms with Gasteiger partial charge in [-0.1, -0.05) is 25.1 Å². The van der Waals surface area contributed by atoms with Crippen LogP contribution in [-0.2, 0) is 22.5 Å². The standard InChI is InChI=1S/C22H28N4O3S3/c1-6-9-16-10-15(11-30-16)19-24-25-22(26(19)7-2)31-12-17(27)23-20-18(21(28)29-8-3)13(4)14(5)32-20/h10-11H,6-9,12H2,1-5H3,(H,23,27). The summed E-state index contributed by atoms with van der Waals surface area (Å²) < 4.78 is 7.18. The summed E-state index contributed by atoms with van der Waals surface area (Å²) in [5, 5.41) is 14.9. The molecule has 1 N–H and O–H groups in total. The van der Waals surface area contributed by atoms with Crippen molar-refractivity contribution in [1.29, 1.82) is 0 Å². The Balaban J connectivity index is 1.70. The van der Waals surface area contributed by atoms with E-state index in [1.165, 1.54) is 28.0 Å². The number of rotatable bonds is 10. The molecule has 0 fully saturated rings. The molecule has 172 valence electrons. The van der Waals surface area contributed by atoms with Crippen LogP contribution >= 0.6 is 34.4 Å². The first-order valence-corrected chi connectivity index (χ1v) is 13.3. The Kier molecular flexibility index (Phi) is 8.50. The molecule has 0 aromatic carbocycles. The molecule has 10 heteroatoms. The molecule has 1 amide bonds. The normalized spacial score (nSPS) is 11.0. The summed E-state index contributed by atoms with van der Waals surface area (Å²) in [6.45, 7) is 10.8. The van der Waals surface area contributed by atoms with Gasteiger partial charge in [-0.15, -0.1) is 32.9 Å². The van der Waals surface area contributed by atoms with Crippen molar-refractivity contribution in [2.75, 3.05) is 17.7 Å². The van der Waals surface area contributed by atoms with Crippen LogP contribution in [0.15, 0.2) is 16.6 Å². The number of hydrogen-bond donors (Lipinski definition) is 1. The molecule has 0 aliphatic rings. The van der Waals surface area contributed by atoms with Crippen LogP contribution in [0.25, 0.3) is 11.4 Å². The van der Waals surface area contributed by atoms with Crippen molar-refractivity contribution >= 4 is 51.3 Å². The maximum atomic E-state index is 12.7. The molecule has 0 aliphatic carbocycles. The van der Waals surface area contributed by atoms with E-state index in [1.54, 1.807) is 18.3 Å². The average molecular weight is 493 g/mol. The monoisotopic (exact) mass is 492 g/mol. The minimum Gasteiger partial charge on any atom is -0.462 e. The topological polar surface area (TPSA) is 86.1 Å². The molecule has 0 saturated carbocycles. The third-order valence-electron chi connectivity index (χ3n) is 4.89. The van der Waals surface area contributed by atoms with Gasteiger partial charge in [0.15, 0.2) is 11.0 Å². The van der Waals surface area contributed by atoms with Gasteiger partial charge in [-0.2, -0.15) is 0 Å². The quantitative estimate of drug-likeness (QED) is 0.294. The lowest BCUT2D eigenvalue weighted by atomic mass is 10.1. The number of carbonyl (C=O) groups excluding carboxylic acids is 2. The van der Waals surface area contributed by atoms with Gasteiger partial charge in [0.1, 0.15) is 5.00 Å². The Hall–Kier alpha value is -2.17. The lowest BCUT2D eigenvalue weighted by molar-refractivity contribution is -0.113. The van der Waals surface area contributed by atoms with Gasteiger partial charge in [-0.05, 0) is 45.7 Å². The van der Waals surface area contributed by atoms with Gasteiger partial charge in [-0.3, -0.25) is 4.79 Å². The molecule has 3 heterocycles. The number of esters is 1. The van der Waals surface area contributed by atoms with E-state index in [-0.39, 0.29) is 18.3 Å². The van der Waals surface area contributed by atoms with Crippen molar-refractivity contribution in [3.63, 3.8) is 0 Å². The van der Waals surface area contributed by atoms with Gasteiger partial charge in [-0.25, -0.2) is 4.79 Å². The fraction of sp³-hybridized carbons (Fsp3) is 0.455. The molecular weight excluding hydrogens is 464 g/mol. The Labute approximate surface area is 200 Å². The number of nitrogens with zero attached hydrogens (tertiary/aromatic N) is 3. The molecule has 0 unspecified atom stereocenters. The molecule has 32 heavy (non-hydrogen) atoms. The average Bonchev–Trinajstić information content (AvgIpc) is 3.45. The number of ether oxygens (including phenoxy) is 1. The van der Waals surface area contributed by atoms with E-state index >= 15 is 0 Å². The summed E-state index contributed by atoms with van der Waals surface area (Å²) in [6, 6.07) is 2.17. The van der Waals surface area contributed by atoms with Crippen LogP contribution in [0.5, 0.6) is 0 Å². The van der Waals surface area contributed by atoms with Crippen molar-refractivity contribution in [3.05, 3.63) is 32.3 Å². The van der Waals surface area contributed by atoms with E-state index in [9.17, 15) is 9.59 Å². The molecule has 0 spiro atoms. The van der Waals surface area contributed by atoms with Crippen molar-refractivity contribution in [1.82, 2.24) is 14.8 Å². The second-order valence-electron chi connectivity index (χ2n) is 7.15. The van der Waals surface area contributed by atoms with Gasteiger partial charge in [0, 0.05) is 27.2 Å². The second kappa shape index (κ2) is 11.1. The molecule has 0 saturated heterocycles. The minimum atomic E-state index is -0.411. The minimum absolute atomic E-state index is 0.168. The van der Waals surface area contributed by atoms with E-state index in [1.807, 2.05) is 25.3 Å².